The highest BCUT2D eigenvalue weighted by Gasteiger charge is 2.15. The first-order valence-electron chi connectivity index (χ1n) is 3.98. The first-order valence-corrected chi connectivity index (χ1v) is 3.98. The minimum absolute atomic E-state index is 0.447. The molecule has 0 saturated heterocycles. The Morgan fingerprint density at radius 3 is 2.31 bits per heavy atom. The number of rotatable bonds is 2. The summed E-state index contributed by atoms with van der Waals surface area (Å²) in [7, 11) is -1.47. The van der Waals surface area contributed by atoms with Gasteiger partial charge in [-0.25, -0.2) is 0 Å². The Hall–Kier alpha value is -1.13. The summed E-state index contributed by atoms with van der Waals surface area (Å²) in [6.45, 7) is 3.50. The predicted molar refractivity (Wildman–Crippen MR) is 51.1 cm³/mol. The lowest BCUT2D eigenvalue weighted by Crippen LogP contribution is -2.32. The van der Waals surface area contributed by atoms with Crippen LogP contribution < -0.4 is 5.46 Å². The summed E-state index contributed by atoms with van der Waals surface area (Å²) < 4.78 is 0. The normalized spacial score (nSPS) is 9.85. The lowest BCUT2D eigenvalue weighted by molar-refractivity contribution is 0.112. The molecular weight excluding hydrogens is 167 g/mol. The number of hydrogen-bond donors (Lipinski definition) is 2. The van der Waals surface area contributed by atoms with E-state index in [9.17, 15) is 4.79 Å². The van der Waals surface area contributed by atoms with Crippen molar-refractivity contribution in [2.24, 2.45) is 0 Å². The van der Waals surface area contributed by atoms with E-state index in [2.05, 4.69) is 0 Å². The second-order valence-corrected chi connectivity index (χ2v) is 3.06. The lowest BCUT2D eigenvalue weighted by Gasteiger charge is -2.07. The van der Waals surface area contributed by atoms with Gasteiger partial charge in [-0.1, -0.05) is 11.6 Å². The summed E-state index contributed by atoms with van der Waals surface area (Å²) >= 11 is 0. The molecule has 1 rings (SSSR count). The van der Waals surface area contributed by atoms with Crippen molar-refractivity contribution >= 4 is 18.9 Å². The van der Waals surface area contributed by atoms with Crippen LogP contribution in [0.15, 0.2) is 12.1 Å². The van der Waals surface area contributed by atoms with E-state index >= 15 is 0 Å². The maximum atomic E-state index is 10.5. The van der Waals surface area contributed by atoms with Gasteiger partial charge in [-0.3, -0.25) is 4.79 Å². The van der Waals surface area contributed by atoms with Crippen LogP contribution >= 0.6 is 0 Å². The van der Waals surface area contributed by atoms with Gasteiger partial charge in [0.1, 0.15) is 6.29 Å². The number of hydrogen-bond acceptors (Lipinski definition) is 3. The molecule has 0 aliphatic rings. The molecule has 0 atom stereocenters. The average Bonchev–Trinajstić information content (AvgIpc) is 2.07. The highest BCUT2D eigenvalue weighted by molar-refractivity contribution is 6.59. The molecule has 0 aliphatic carbocycles. The Labute approximate surface area is 77.2 Å². The topological polar surface area (TPSA) is 57.5 Å². The monoisotopic (exact) mass is 178 g/mol. The van der Waals surface area contributed by atoms with E-state index in [-0.39, 0.29) is 0 Å². The molecule has 0 aromatic heterocycles. The molecular formula is C9H11BO3. The van der Waals surface area contributed by atoms with Crippen LogP contribution in [0.25, 0.3) is 0 Å². The van der Waals surface area contributed by atoms with E-state index in [0.717, 1.165) is 11.8 Å². The number of aldehydes is 1. The van der Waals surface area contributed by atoms with Crippen LogP contribution in [0, 0.1) is 13.8 Å². The molecule has 13 heavy (non-hydrogen) atoms. The summed E-state index contributed by atoms with van der Waals surface area (Å²) in [6.07, 6.45) is 0.760. The van der Waals surface area contributed by atoms with Crippen molar-refractivity contribution in [3.63, 3.8) is 0 Å². The molecule has 68 valence electrons. The minimum Gasteiger partial charge on any atom is -0.423 e. The summed E-state index contributed by atoms with van der Waals surface area (Å²) in [6, 6.07) is 3.26. The van der Waals surface area contributed by atoms with Crippen molar-refractivity contribution in [2.45, 2.75) is 13.8 Å². The molecule has 0 amide bonds. The smallest absolute Gasteiger partial charge is 0.423 e. The number of aryl methyl sites for hydroxylation is 2. The van der Waals surface area contributed by atoms with Crippen LogP contribution in [0.3, 0.4) is 0 Å². The molecule has 0 bridgehead atoms. The van der Waals surface area contributed by atoms with Crippen LogP contribution in [0.1, 0.15) is 21.5 Å². The fraction of sp³-hybridized carbons (Fsp3) is 0.222. The van der Waals surface area contributed by atoms with Crippen LogP contribution in [-0.4, -0.2) is 23.5 Å². The van der Waals surface area contributed by atoms with Gasteiger partial charge < -0.3 is 10.0 Å². The third-order valence-electron chi connectivity index (χ3n) is 2.06. The maximum Gasteiger partial charge on any atom is 0.488 e. The number of carbonyl (C=O) groups excluding carboxylic acids is 1. The fourth-order valence-corrected chi connectivity index (χ4v) is 1.27. The van der Waals surface area contributed by atoms with Crippen molar-refractivity contribution in [1.29, 1.82) is 0 Å². The molecule has 1 aromatic rings. The zero-order chi connectivity index (χ0) is 10.0. The summed E-state index contributed by atoms with van der Waals surface area (Å²) in [5.74, 6) is 0. The molecule has 2 N–H and O–H groups in total. The van der Waals surface area contributed by atoms with Gasteiger partial charge in [-0.05, 0) is 30.9 Å². The third-order valence-corrected chi connectivity index (χ3v) is 2.06. The minimum atomic E-state index is -1.47. The summed E-state index contributed by atoms with van der Waals surface area (Å²) in [5, 5.41) is 17.9. The Balaban J connectivity index is 3.28. The fourth-order valence-electron chi connectivity index (χ4n) is 1.27. The average molecular weight is 178 g/mol. The zero-order valence-corrected chi connectivity index (χ0v) is 7.61. The van der Waals surface area contributed by atoms with Gasteiger partial charge in [0.15, 0.2) is 0 Å². The highest BCUT2D eigenvalue weighted by Crippen LogP contribution is 2.06. The van der Waals surface area contributed by atoms with Crippen molar-refractivity contribution in [3.05, 3.63) is 28.8 Å². The molecule has 4 heteroatoms. The molecule has 0 unspecified atom stereocenters. The van der Waals surface area contributed by atoms with Gasteiger partial charge >= 0.3 is 7.12 Å². The van der Waals surface area contributed by atoms with Crippen molar-refractivity contribution in [1.82, 2.24) is 0 Å². The van der Waals surface area contributed by atoms with Crippen LogP contribution in [0.2, 0.25) is 0 Å². The van der Waals surface area contributed by atoms with Crippen molar-refractivity contribution in [3.8, 4) is 0 Å². The Kier molecular flexibility index (Phi) is 2.85. The SMILES string of the molecule is Cc1cc(B(O)O)c(C)cc1C=O. The molecule has 1 aromatic carbocycles. The first-order chi connectivity index (χ1) is 6.06. The molecule has 0 spiro atoms. The largest absolute Gasteiger partial charge is 0.488 e. The van der Waals surface area contributed by atoms with E-state index < -0.39 is 7.12 Å². The van der Waals surface area contributed by atoms with E-state index in [1.54, 1.807) is 26.0 Å². The van der Waals surface area contributed by atoms with Gasteiger partial charge in [0.25, 0.3) is 0 Å². The maximum absolute atomic E-state index is 10.5. The molecule has 3 nitrogen and oxygen atoms in total. The van der Waals surface area contributed by atoms with E-state index in [4.69, 9.17) is 10.0 Å². The third kappa shape index (κ3) is 1.97. The van der Waals surface area contributed by atoms with Crippen molar-refractivity contribution < 1.29 is 14.8 Å². The Morgan fingerprint density at radius 2 is 1.85 bits per heavy atom. The first kappa shape index (κ1) is 9.96. The van der Waals surface area contributed by atoms with Crippen LogP contribution in [0.4, 0.5) is 0 Å². The Bertz CT molecular complexity index is 334. The standard InChI is InChI=1S/C9H11BO3/c1-6-4-9(10(12)13)7(2)3-8(6)5-11/h3-5,12-13H,1-2H3. The molecule has 0 heterocycles. The second-order valence-electron chi connectivity index (χ2n) is 3.06. The Morgan fingerprint density at radius 1 is 1.23 bits per heavy atom. The molecule has 0 aliphatic heterocycles. The van der Waals surface area contributed by atoms with Gasteiger partial charge in [-0.15, -0.1) is 0 Å². The summed E-state index contributed by atoms with van der Waals surface area (Å²) in [5.41, 5.74) is 2.50. The lowest BCUT2D eigenvalue weighted by atomic mass is 9.76. The highest BCUT2D eigenvalue weighted by atomic mass is 16.4. The van der Waals surface area contributed by atoms with Gasteiger partial charge in [0.2, 0.25) is 0 Å². The van der Waals surface area contributed by atoms with Crippen molar-refractivity contribution in [2.75, 3.05) is 0 Å². The van der Waals surface area contributed by atoms with E-state index in [0.29, 0.717) is 16.6 Å². The van der Waals surface area contributed by atoms with Crippen LogP contribution in [0.5, 0.6) is 0 Å². The van der Waals surface area contributed by atoms with Gasteiger partial charge in [0, 0.05) is 5.56 Å². The van der Waals surface area contributed by atoms with Gasteiger partial charge in [0.05, 0.1) is 0 Å². The zero-order valence-electron chi connectivity index (χ0n) is 7.61. The number of carbonyl (C=O) groups is 1. The van der Waals surface area contributed by atoms with Gasteiger partial charge in [-0.2, -0.15) is 0 Å². The van der Waals surface area contributed by atoms with E-state index in [1.807, 2.05) is 0 Å². The van der Waals surface area contributed by atoms with Crippen LogP contribution in [-0.2, 0) is 0 Å². The second kappa shape index (κ2) is 3.72. The number of benzene rings is 1. The van der Waals surface area contributed by atoms with E-state index in [1.165, 1.54) is 0 Å². The quantitative estimate of drug-likeness (QED) is 0.486. The summed E-state index contributed by atoms with van der Waals surface area (Å²) in [4.78, 5) is 10.5. The molecule has 0 fully saturated rings. The molecule has 0 radical (unpaired) electrons. The molecule has 0 saturated carbocycles. The predicted octanol–water partition coefficient (Wildman–Crippen LogP) is -0.204.